The van der Waals surface area contributed by atoms with Crippen LogP contribution in [-0.2, 0) is 4.74 Å². The molecule has 1 aromatic carbocycles. The summed E-state index contributed by atoms with van der Waals surface area (Å²) in [6.45, 7) is 2.21. The van der Waals surface area contributed by atoms with Gasteiger partial charge >= 0.3 is 12.0 Å². The molecular formula is C19H25N3O5. The van der Waals surface area contributed by atoms with Crippen LogP contribution in [0.25, 0.3) is 0 Å². The molecule has 0 saturated heterocycles. The molecule has 0 unspecified atom stereocenters. The molecule has 0 aliphatic heterocycles. The number of methoxy groups -OCH3 is 2. The topological polar surface area (TPSA) is 93.0 Å². The van der Waals surface area contributed by atoms with Gasteiger partial charge in [-0.3, -0.25) is 4.90 Å². The highest BCUT2D eigenvalue weighted by Crippen LogP contribution is 2.26. The van der Waals surface area contributed by atoms with Gasteiger partial charge in [0.05, 0.1) is 31.5 Å². The van der Waals surface area contributed by atoms with E-state index < -0.39 is 12.0 Å². The maximum absolute atomic E-state index is 12.4. The number of nitrogens with one attached hydrogen (secondary N) is 2. The number of urea groups is 1. The van der Waals surface area contributed by atoms with E-state index in [-0.39, 0.29) is 6.04 Å². The average molecular weight is 375 g/mol. The van der Waals surface area contributed by atoms with Gasteiger partial charge in [0, 0.05) is 6.54 Å². The Morgan fingerprint density at radius 1 is 1.19 bits per heavy atom. The maximum atomic E-state index is 12.4. The molecule has 1 atom stereocenters. The largest absolute Gasteiger partial charge is 0.495 e. The lowest BCUT2D eigenvalue weighted by molar-refractivity contribution is 0.0600. The van der Waals surface area contributed by atoms with Crippen LogP contribution in [0.15, 0.2) is 34.7 Å². The number of amides is 2. The SMILES string of the molecule is COC(=O)c1ccc(OC)c(NC(=O)NC[C@H](c2ccc(C)o2)N(C)C)c1. The number of carbonyl (C=O) groups is 2. The van der Waals surface area contributed by atoms with Gasteiger partial charge in [0.1, 0.15) is 17.3 Å². The predicted octanol–water partition coefficient (Wildman–Crippen LogP) is 2.81. The van der Waals surface area contributed by atoms with E-state index in [1.54, 1.807) is 12.1 Å². The van der Waals surface area contributed by atoms with Crippen molar-refractivity contribution in [3.8, 4) is 5.75 Å². The smallest absolute Gasteiger partial charge is 0.337 e. The molecule has 0 spiro atoms. The van der Waals surface area contributed by atoms with Crippen LogP contribution in [0.1, 0.15) is 27.9 Å². The molecule has 0 radical (unpaired) electrons. The van der Waals surface area contributed by atoms with Crippen LogP contribution in [0, 0.1) is 6.92 Å². The van der Waals surface area contributed by atoms with Crippen LogP contribution < -0.4 is 15.4 Å². The molecule has 2 rings (SSSR count). The monoisotopic (exact) mass is 375 g/mol. The number of aryl methyl sites for hydroxylation is 1. The zero-order valence-corrected chi connectivity index (χ0v) is 16.2. The molecule has 2 N–H and O–H groups in total. The Morgan fingerprint density at radius 3 is 2.48 bits per heavy atom. The summed E-state index contributed by atoms with van der Waals surface area (Å²) >= 11 is 0. The average Bonchev–Trinajstić information content (AvgIpc) is 3.06. The quantitative estimate of drug-likeness (QED) is 0.723. The number of anilines is 1. The summed E-state index contributed by atoms with van der Waals surface area (Å²) in [6, 6.07) is 7.89. The number of carbonyl (C=O) groups excluding carboxylic acids is 2. The van der Waals surface area contributed by atoms with Crippen molar-refractivity contribution in [1.29, 1.82) is 0 Å². The Balaban J connectivity index is 2.07. The second-order valence-corrected chi connectivity index (χ2v) is 6.17. The van der Waals surface area contributed by atoms with E-state index in [9.17, 15) is 9.59 Å². The lowest BCUT2D eigenvalue weighted by atomic mass is 10.2. The van der Waals surface area contributed by atoms with Crippen molar-refractivity contribution in [2.24, 2.45) is 0 Å². The van der Waals surface area contributed by atoms with Gasteiger partial charge in [0.15, 0.2) is 0 Å². The highest BCUT2D eigenvalue weighted by molar-refractivity contribution is 5.95. The Morgan fingerprint density at radius 2 is 1.93 bits per heavy atom. The van der Waals surface area contributed by atoms with Crippen molar-refractivity contribution in [3.63, 3.8) is 0 Å². The third-order valence-corrected chi connectivity index (χ3v) is 4.04. The zero-order chi connectivity index (χ0) is 20.0. The maximum Gasteiger partial charge on any atom is 0.337 e. The van der Waals surface area contributed by atoms with Gasteiger partial charge in [0.2, 0.25) is 0 Å². The van der Waals surface area contributed by atoms with Crippen LogP contribution in [0.4, 0.5) is 10.5 Å². The van der Waals surface area contributed by atoms with E-state index in [1.165, 1.54) is 20.3 Å². The summed E-state index contributed by atoms with van der Waals surface area (Å²) in [7, 11) is 6.59. The summed E-state index contributed by atoms with van der Waals surface area (Å²) < 4.78 is 15.6. The van der Waals surface area contributed by atoms with Gasteiger partial charge in [-0.1, -0.05) is 0 Å². The Labute approximate surface area is 158 Å². The van der Waals surface area contributed by atoms with Crippen molar-refractivity contribution in [1.82, 2.24) is 10.2 Å². The minimum absolute atomic E-state index is 0.118. The number of benzene rings is 1. The summed E-state index contributed by atoms with van der Waals surface area (Å²) in [6.07, 6.45) is 0. The second kappa shape index (κ2) is 9.09. The fourth-order valence-electron chi connectivity index (χ4n) is 2.58. The first kappa shape index (κ1) is 20.3. The third kappa shape index (κ3) is 5.24. The summed E-state index contributed by atoms with van der Waals surface area (Å²) in [5.74, 6) is 1.51. The van der Waals surface area contributed by atoms with Gasteiger partial charge in [-0.2, -0.15) is 0 Å². The molecule has 0 bridgehead atoms. The van der Waals surface area contributed by atoms with Gasteiger partial charge in [-0.25, -0.2) is 9.59 Å². The van der Waals surface area contributed by atoms with Gasteiger partial charge in [0.25, 0.3) is 0 Å². The summed E-state index contributed by atoms with van der Waals surface area (Å²) in [5, 5.41) is 5.51. The standard InChI is InChI=1S/C19H25N3O5/c1-12-6-8-17(27-12)15(22(2)3)11-20-19(24)21-14-10-13(18(23)26-5)7-9-16(14)25-4/h6-10,15H,11H2,1-5H3,(H2,20,21,24)/t15-/m1/s1. The fraction of sp³-hybridized carbons (Fsp3) is 0.368. The van der Waals surface area contributed by atoms with Crippen LogP contribution in [0.2, 0.25) is 0 Å². The van der Waals surface area contributed by atoms with Crippen molar-refractivity contribution in [2.75, 3.05) is 40.2 Å². The van der Waals surface area contributed by atoms with Crippen molar-refractivity contribution >= 4 is 17.7 Å². The Bertz CT molecular complexity index is 800. The first-order valence-electron chi connectivity index (χ1n) is 8.39. The van der Waals surface area contributed by atoms with E-state index in [0.717, 1.165) is 11.5 Å². The zero-order valence-electron chi connectivity index (χ0n) is 16.2. The minimum atomic E-state index is -0.498. The predicted molar refractivity (Wildman–Crippen MR) is 101 cm³/mol. The highest BCUT2D eigenvalue weighted by Gasteiger charge is 2.19. The van der Waals surface area contributed by atoms with E-state index in [1.807, 2.05) is 38.1 Å². The first-order chi connectivity index (χ1) is 12.8. The molecule has 8 nitrogen and oxygen atoms in total. The molecule has 2 aromatic rings. The Kier molecular flexibility index (Phi) is 6.84. The van der Waals surface area contributed by atoms with E-state index in [4.69, 9.17) is 13.9 Å². The normalized spacial score (nSPS) is 11.8. The molecule has 0 aliphatic rings. The molecule has 1 aromatic heterocycles. The van der Waals surface area contributed by atoms with Crippen molar-refractivity contribution < 1.29 is 23.5 Å². The molecule has 0 saturated carbocycles. The third-order valence-electron chi connectivity index (χ3n) is 4.04. The molecule has 0 fully saturated rings. The molecular weight excluding hydrogens is 350 g/mol. The number of ether oxygens (including phenoxy) is 2. The molecule has 146 valence electrons. The van der Waals surface area contributed by atoms with Crippen LogP contribution >= 0.6 is 0 Å². The number of hydrogen-bond acceptors (Lipinski definition) is 6. The number of furan rings is 1. The lowest BCUT2D eigenvalue weighted by Crippen LogP contribution is -2.36. The molecule has 8 heteroatoms. The number of rotatable bonds is 7. The van der Waals surface area contributed by atoms with Crippen LogP contribution in [0.3, 0.4) is 0 Å². The summed E-state index contributed by atoms with van der Waals surface area (Å²) in [5.41, 5.74) is 0.680. The van der Waals surface area contributed by atoms with E-state index in [0.29, 0.717) is 23.5 Å². The minimum Gasteiger partial charge on any atom is -0.495 e. The summed E-state index contributed by atoms with van der Waals surface area (Å²) in [4.78, 5) is 26.0. The molecule has 2 amide bonds. The lowest BCUT2D eigenvalue weighted by Gasteiger charge is -2.23. The Hall–Kier alpha value is -3.00. The van der Waals surface area contributed by atoms with Crippen LogP contribution in [-0.4, -0.2) is 51.8 Å². The molecule has 27 heavy (non-hydrogen) atoms. The number of hydrogen-bond donors (Lipinski definition) is 2. The van der Waals surface area contributed by atoms with Crippen molar-refractivity contribution in [2.45, 2.75) is 13.0 Å². The van der Waals surface area contributed by atoms with Gasteiger partial charge in [-0.15, -0.1) is 0 Å². The van der Waals surface area contributed by atoms with E-state index in [2.05, 4.69) is 10.6 Å². The van der Waals surface area contributed by atoms with Gasteiger partial charge in [-0.05, 0) is 51.4 Å². The first-order valence-corrected chi connectivity index (χ1v) is 8.39. The molecule has 0 aliphatic carbocycles. The van der Waals surface area contributed by atoms with Crippen molar-refractivity contribution in [3.05, 3.63) is 47.4 Å². The number of likely N-dealkylation sites (N-methyl/N-ethyl adjacent to an activating group) is 1. The van der Waals surface area contributed by atoms with Gasteiger partial charge < -0.3 is 24.5 Å². The fourth-order valence-corrected chi connectivity index (χ4v) is 2.58. The number of nitrogens with zero attached hydrogens (tertiary/aromatic N) is 1. The van der Waals surface area contributed by atoms with E-state index >= 15 is 0 Å². The highest BCUT2D eigenvalue weighted by atomic mass is 16.5. The number of esters is 1. The molecule has 1 heterocycles. The van der Waals surface area contributed by atoms with Crippen LogP contribution in [0.5, 0.6) is 5.75 Å². The second-order valence-electron chi connectivity index (χ2n) is 6.17.